The number of hydrogen-bond donors (Lipinski definition) is 2. The van der Waals surface area contributed by atoms with E-state index in [0.717, 1.165) is 12.1 Å². The van der Waals surface area contributed by atoms with Crippen LogP contribution in [0, 0.1) is 18.6 Å². The van der Waals surface area contributed by atoms with Gasteiger partial charge < -0.3 is 15.4 Å². The van der Waals surface area contributed by atoms with E-state index in [-0.39, 0.29) is 38.7 Å². The molecule has 4 rings (SSSR count). The highest BCUT2D eigenvalue weighted by Crippen LogP contribution is 2.28. The number of nitrogens with one attached hydrogen (secondary N) is 2. The zero-order valence-electron chi connectivity index (χ0n) is 20.3. The Balaban J connectivity index is 1.58. The van der Waals surface area contributed by atoms with E-state index in [4.69, 9.17) is 16.3 Å². The van der Waals surface area contributed by atoms with Crippen LogP contribution in [0.5, 0.6) is 0 Å². The van der Waals surface area contributed by atoms with Crippen LogP contribution in [0.4, 0.5) is 25.8 Å². The molecular weight excluding hydrogens is 514 g/mol. The number of methoxy groups -OCH3 is 1. The van der Waals surface area contributed by atoms with E-state index in [2.05, 4.69) is 10.6 Å². The normalized spacial score (nSPS) is 10.6. The minimum absolute atomic E-state index is 0.0462. The van der Waals surface area contributed by atoms with Gasteiger partial charge in [0.05, 0.1) is 29.1 Å². The molecule has 1 amide bonds. The van der Waals surface area contributed by atoms with Crippen LogP contribution < -0.4 is 10.6 Å². The minimum Gasteiger partial charge on any atom is -0.465 e. The van der Waals surface area contributed by atoms with Crippen LogP contribution in [0.25, 0.3) is 0 Å². The van der Waals surface area contributed by atoms with Gasteiger partial charge in [-0.05, 0) is 67.1 Å². The molecule has 0 saturated heterocycles. The molecule has 0 spiro atoms. The number of ether oxygens (including phenoxy) is 1. The van der Waals surface area contributed by atoms with E-state index in [9.17, 15) is 23.2 Å². The Morgan fingerprint density at radius 1 is 0.816 bits per heavy atom. The standard InChI is InChI=1S/C29H21ClF2N2O4/c1-16-7-8-17(28(36)34-25-6-4-3-5-21(25)29(37)38-2)13-22(16)27(35)20-11-10-19(15-23(20)30)33-26-12-9-18(31)14-24(26)32/h3-15,33H,1-2H3,(H,34,36). The van der Waals surface area contributed by atoms with Crippen molar-refractivity contribution in [2.24, 2.45) is 0 Å². The van der Waals surface area contributed by atoms with Gasteiger partial charge >= 0.3 is 5.97 Å². The summed E-state index contributed by atoms with van der Waals surface area (Å²) in [5.41, 5.74) is 2.14. The molecule has 0 saturated carbocycles. The number of benzene rings is 4. The molecule has 0 aromatic heterocycles. The lowest BCUT2D eigenvalue weighted by Crippen LogP contribution is -2.16. The first-order valence-electron chi connectivity index (χ1n) is 11.3. The molecule has 192 valence electrons. The highest BCUT2D eigenvalue weighted by Gasteiger charge is 2.19. The van der Waals surface area contributed by atoms with E-state index in [1.807, 2.05) is 0 Å². The SMILES string of the molecule is COC(=O)c1ccccc1NC(=O)c1ccc(C)c(C(=O)c2ccc(Nc3ccc(F)cc3F)cc2Cl)c1. The predicted octanol–water partition coefficient (Wildman–Crippen LogP) is 6.94. The molecule has 0 fully saturated rings. The van der Waals surface area contributed by atoms with Crippen molar-refractivity contribution in [2.75, 3.05) is 17.7 Å². The van der Waals surface area contributed by atoms with E-state index in [1.54, 1.807) is 37.3 Å². The smallest absolute Gasteiger partial charge is 0.339 e. The average Bonchev–Trinajstić information content (AvgIpc) is 2.90. The summed E-state index contributed by atoms with van der Waals surface area (Å²) in [6, 6.07) is 18.6. The van der Waals surface area contributed by atoms with Gasteiger partial charge in [0.25, 0.3) is 5.91 Å². The maximum atomic E-state index is 14.0. The molecule has 0 radical (unpaired) electrons. The van der Waals surface area contributed by atoms with Gasteiger partial charge in [-0.1, -0.05) is 29.8 Å². The lowest BCUT2D eigenvalue weighted by atomic mass is 9.96. The Hall–Kier alpha value is -4.56. The van der Waals surface area contributed by atoms with E-state index in [1.165, 1.54) is 43.5 Å². The van der Waals surface area contributed by atoms with Gasteiger partial charge in [0.1, 0.15) is 11.6 Å². The van der Waals surface area contributed by atoms with Crippen LogP contribution in [-0.2, 0) is 4.74 Å². The van der Waals surface area contributed by atoms with Crippen LogP contribution in [0.15, 0.2) is 78.9 Å². The number of rotatable bonds is 7. The molecule has 38 heavy (non-hydrogen) atoms. The molecule has 0 bridgehead atoms. The summed E-state index contributed by atoms with van der Waals surface area (Å²) in [4.78, 5) is 38.4. The molecule has 0 unspecified atom stereocenters. The van der Waals surface area contributed by atoms with Gasteiger partial charge in [-0.15, -0.1) is 0 Å². The third kappa shape index (κ3) is 5.71. The van der Waals surface area contributed by atoms with Crippen LogP contribution in [0.2, 0.25) is 5.02 Å². The Morgan fingerprint density at radius 3 is 2.29 bits per heavy atom. The molecule has 0 heterocycles. The number of halogens is 3. The summed E-state index contributed by atoms with van der Waals surface area (Å²) in [5, 5.41) is 5.58. The number of carbonyl (C=O) groups excluding carboxylic acids is 3. The van der Waals surface area contributed by atoms with Crippen molar-refractivity contribution in [3.05, 3.63) is 123 Å². The van der Waals surface area contributed by atoms with Crippen molar-refractivity contribution >= 4 is 46.3 Å². The first-order valence-corrected chi connectivity index (χ1v) is 11.7. The summed E-state index contributed by atoms with van der Waals surface area (Å²) < 4.78 is 31.9. The summed E-state index contributed by atoms with van der Waals surface area (Å²) in [5.74, 6) is -3.03. The van der Waals surface area contributed by atoms with Crippen LogP contribution in [0.1, 0.15) is 42.2 Å². The maximum absolute atomic E-state index is 14.0. The molecule has 0 aliphatic rings. The minimum atomic E-state index is -0.777. The molecule has 4 aromatic rings. The van der Waals surface area contributed by atoms with E-state index >= 15 is 0 Å². The Morgan fingerprint density at radius 2 is 1.58 bits per heavy atom. The third-order valence-electron chi connectivity index (χ3n) is 5.75. The first kappa shape index (κ1) is 26.5. The van der Waals surface area contributed by atoms with Crippen LogP contribution >= 0.6 is 11.6 Å². The number of aryl methyl sites for hydroxylation is 1. The van der Waals surface area contributed by atoms with Gasteiger partial charge in [-0.3, -0.25) is 9.59 Å². The number of amides is 1. The fourth-order valence-electron chi connectivity index (χ4n) is 3.75. The molecule has 0 aliphatic carbocycles. The summed E-state index contributed by atoms with van der Waals surface area (Å²) in [6.07, 6.45) is 0. The topological polar surface area (TPSA) is 84.5 Å². The van der Waals surface area contributed by atoms with Crippen molar-refractivity contribution < 1.29 is 27.9 Å². The van der Waals surface area contributed by atoms with Gasteiger partial charge in [0.2, 0.25) is 0 Å². The fraction of sp³-hybridized carbons (Fsp3) is 0.0690. The lowest BCUT2D eigenvalue weighted by molar-refractivity contribution is 0.0601. The molecule has 2 N–H and O–H groups in total. The third-order valence-corrected chi connectivity index (χ3v) is 6.06. The van der Waals surface area contributed by atoms with Crippen molar-refractivity contribution in [3.8, 4) is 0 Å². The first-order chi connectivity index (χ1) is 18.2. The van der Waals surface area contributed by atoms with Crippen LogP contribution in [0.3, 0.4) is 0 Å². The highest BCUT2D eigenvalue weighted by molar-refractivity contribution is 6.35. The molecule has 0 atom stereocenters. The van der Waals surface area contributed by atoms with Crippen molar-refractivity contribution in [2.45, 2.75) is 6.92 Å². The second-order valence-electron chi connectivity index (χ2n) is 8.29. The Labute approximate surface area is 222 Å². The summed E-state index contributed by atoms with van der Waals surface area (Å²) in [7, 11) is 1.24. The quantitative estimate of drug-likeness (QED) is 0.198. The second kappa shape index (κ2) is 11.2. The van der Waals surface area contributed by atoms with Crippen LogP contribution in [-0.4, -0.2) is 24.8 Å². The number of carbonyl (C=O) groups is 3. The number of ketones is 1. The lowest BCUT2D eigenvalue weighted by Gasteiger charge is -2.13. The largest absolute Gasteiger partial charge is 0.465 e. The van der Waals surface area contributed by atoms with Crippen molar-refractivity contribution in [1.82, 2.24) is 0 Å². The molecule has 6 nitrogen and oxygen atoms in total. The Bertz CT molecular complexity index is 1570. The number of hydrogen-bond acceptors (Lipinski definition) is 5. The van der Waals surface area contributed by atoms with Crippen molar-refractivity contribution in [3.63, 3.8) is 0 Å². The van der Waals surface area contributed by atoms with Crippen molar-refractivity contribution in [1.29, 1.82) is 0 Å². The van der Waals surface area contributed by atoms with Gasteiger partial charge in [-0.25, -0.2) is 13.6 Å². The summed E-state index contributed by atoms with van der Waals surface area (Å²) >= 11 is 6.39. The number of anilines is 3. The number of esters is 1. The molecular formula is C29H21ClF2N2O4. The summed E-state index contributed by atoms with van der Waals surface area (Å²) in [6.45, 7) is 1.72. The molecule has 4 aromatic carbocycles. The molecule has 9 heteroatoms. The number of para-hydroxylation sites is 1. The zero-order chi connectivity index (χ0) is 27.4. The zero-order valence-corrected chi connectivity index (χ0v) is 21.0. The second-order valence-corrected chi connectivity index (χ2v) is 8.70. The Kier molecular flexibility index (Phi) is 7.83. The van der Waals surface area contributed by atoms with Gasteiger partial charge in [0, 0.05) is 28.4 Å². The highest BCUT2D eigenvalue weighted by atomic mass is 35.5. The van der Waals surface area contributed by atoms with Gasteiger partial charge in [0.15, 0.2) is 5.78 Å². The predicted molar refractivity (Wildman–Crippen MR) is 141 cm³/mol. The van der Waals surface area contributed by atoms with E-state index in [0.29, 0.717) is 11.3 Å². The van der Waals surface area contributed by atoms with Gasteiger partial charge in [-0.2, -0.15) is 0 Å². The monoisotopic (exact) mass is 534 g/mol. The average molecular weight is 535 g/mol. The fourth-order valence-corrected chi connectivity index (χ4v) is 4.02. The maximum Gasteiger partial charge on any atom is 0.339 e. The van der Waals surface area contributed by atoms with E-state index < -0.39 is 29.3 Å². The molecule has 0 aliphatic heterocycles.